The third kappa shape index (κ3) is 1.34. The van der Waals surface area contributed by atoms with Crippen LogP contribution in [0.1, 0.15) is 10.4 Å². The van der Waals surface area contributed by atoms with E-state index in [9.17, 15) is 0 Å². The normalized spacial score (nSPS) is 15.6. The lowest BCUT2D eigenvalue weighted by molar-refractivity contribution is -0.00000177. The van der Waals surface area contributed by atoms with Crippen LogP contribution in [0.4, 0.5) is 0 Å². The van der Waals surface area contributed by atoms with Gasteiger partial charge in [0.25, 0.3) is 0 Å². The average Bonchev–Trinajstić information content (AvgIpc) is 2.33. The molecule has 1 aromatic heterocycles. The summed E-state index contributed by atoms with van der Waals surface area (Å²) in [5.74, 6) is 0. The van der Waals surface area contributed by atoms with Gasteiger partial charge in [0.15, 0.2) is 0 Å². The lowest BCUT2D eigenvalue weighted by Gasteiger charge is -2.10. The Morgan fingerprint density at radius 2 is 2.40 bits per heavy atom. The van der Waals surface area contributed by atoms with E-state index < -0.39 is 0 Å². The molecule has 1 nitrogen and oxygen atoms in total. The van der Waals surface area contributed by atoms with Crippen LogP contribution in [-0.2, 0) is 13.0 Å². The Morgan fingerprint density at radius 3 is 3.20 bits per heavy atom. The van der Waals surface area contributed by atoms with Crippen molar-refractivity contribution in [3.63, 3.8) is 0 Å². The second-order valence-corrected chi connectivity index (χ2v) is 3.30. The first-order valence-corrected chi connectivity index (χ1v) is 4.11. The van der Waals surface area contributed by atoms with Gasteiger partial charge in [0.2, 0.25) is 0 Å². The number of hydrogen-bond acceptors (Lipinski definition) is 2. The fourth-order valence-corrected chi connectivity index (χ4v) is 2.08. The summed E-state index contributed by atoms with van der Waals surface area (Å²) in [7, 11) is 0. The van der Waals surface area contributed by atoms with Crippen LogP contribution in [-0.4, -0.2) is 6.54 Å². The minimum absolute atomic E-state index is 0. The van der Waals surface area contributed by atoms with Crippen molar-refractivity contribution >= 4 is 11.3 Å². The molecule has 1 aliphatic heterocycles. The van der Waals surface area contributed by atoms with E-state index in [0.717, 1.165) is 13.1 Å². The van der Waals surface area contributed by atoms with E-state index in [0.29, 0.717) is 0 Å². The molecular formula is C7H9ClNS-. The van der Waals surface area contributed by atoms with Gasteiger partial charge in [0.1, 0.15) is 0 Å². The number of rotatable bonds is 0. The molecule has 0 spiro atoms. The second-order valence-electron chi connectivity index (χ2n) is 2.30. The topological polar surface area (TPSA) is 12.0 Å². The second kappa shape index (κ2) is 3.37. The van der Waals surface area contributed by atoms with Crippen molar-refractivity contribution in [3.8, 4) is 0 Å². The third-order valence-electron chi connectivity index (χ3n) is 1.68. The lowest BCUT2D eigenvalue weighted by atomic mass is 10.1. The Balaban J connectivity index is 0.000000500. The smallest absolute Gasteiger partial charge is 0.0216 e. The van der Waals surface area contributed by atoms with Gasteiger partial charge in [-0.1, -0.05) is 0 Å². The van der Waals surface area contributed by atoms with Gasteiger partial charge in [-0.2, -0.15) is 0 Å². The summed E-state index contributed by atoms with van der Waals surface area (Å²) in [4.78, 5) is 1.58. The minimum atomic E-state index is 0. The Bertz CT molecular complexity index is 189. The van der Waals surface area contributed by atoms with Gasteiger partial charge in [-0.15, -0.1) is 11.3 Å². The minimum Gasteiger partial charge on any atom is -1.00 e. The fraction of sp³-hybridized carbons (Fsp3) is 0.429. The van der Waals surface area contributed by atoms with Crippen LogP contribution in [0, 0.1) is 0 Å². The Hall–Kier alpha value is -0.0500. The van der Waals surface area contributed by atoms with Gasteiger partial charge in [0, 0.05) is 18.0 Å². The van der Waals surface area contributed by atoms with Crippen molar-refractivity contribution in [2.24, 2.45) is 0 Å². The Kier molecular flexibility index (Phi) is 2.72. The predicted octanol–water partition coefficient (Wildman–Crippen LogP) is -1.60. The zero-order valence-electron chi connectivity index (χ0n) is 5.56. The van der Waals surface area contributed by atoms with E-state index in [2.05, 4.69) is 16.8 Å². The molecule has 0 saturated heterocycles. The summed E-state index contributed by atoms with van der Waals surface area (Å²) < 4.78 is 0. The summed E-state index contributed by atoms with van der Waals surface area (Å²) in [5.41, 5.74) is 1.51. The van der Waals surface area contributed by atoms with Crippen molar-refractivity contribution in [3.05, 3.63) is 21.9 Å². The molecule has 1 aromatic rings. The van der Waals surface area contributed by atoms with Crippen molar-refractivity contribution in [1.29, 1.82) is 0 Å². The van der Waals surface area contributed by atoms with Gasteiger partial charge < -0.3 is 17.7 Å². The van der Waals surface area contributed by atoms with Crippen LogP contribution in [0.3, 0.4) is 0 Å². The first-order valence-electron chi connectivity index (χ1n) is 3.23. The molecule has 0 aromatic carbocycles. The summed E-state index contributed by atoms with van der Waals surface area (Å²) >= 11 is 1.89. The van der Waals surface area contributed by atoms with Gasteiger partial charge in [-0.25, -0.2) is 0 Å². The fourth-order valence-electron chi connectivity index (χ4n) is 1.17. The van der Waals surface area contributed by atoms with E-state index in [-0.39, 0.29) is 12.4 Å². The highest BCUT2D eigenvalue weighted by Crippen LogP contribution is 2.19. The largest absolute Gasteiger partial charge is 1.00 e. The first kappa shape index (κ1) is 8.05. The zero-order valence-corrected chi connectivity index (χ0v) is 7.13. The van der Waals surface area contributed by atoms with E-state index >= 15 is 0 Å². The highest BCUT2D eigenvalue weighted by molar-refractivity contribution is 7.10. The molecule has 0 amide bonds. The number of hydrogen-bond donors (Lipinski definition) is 1. The SMILES string of the molecule is [Cl-].c1cc2c(s1)CCNC2. The van der Waals surface area contributed by atoms with Crippen LogP contribution in [0.25, 0.3) is 0 Å². The highest BCUT2D eigenvalue weighted by Gasteiger charge is 2.07. The maximum Gasteiger partial charge on any atom is 0.0216 e. The zero-order chi connectivity index (χ0) is 6.10. The molecule has 0 radical (unpaired) electrons. The summed E-state index contributed by atoms with van der Waals surface area (Å²) in [5, 5.41) is 5.51. The highest BCUT2D eigenvalue weighted by atomic mass is 35.5. The van der Waals surface area contributed by atoms with E-state index in [1.54, 1.807) is 4.88 Å². The Labute approximate surface area is 70.9 Å². The molecule has 0 bridgehead atoms. The first-order chi connectivity index (χ1) is 4.47. The van der Waals surface area contributed by atoms with E-state index in [1.165, 1.54) is 12.0 Å². The summed E-state index contributed by atoms with van der Waals surface area (Å²) in [6, 6.07) is 2.21. The molecule has 0 atom stereocenters. The lowest BCUT2D eigenvalue weighted by Crippen LogP contribution is -3.00. The Morgan fingerprint density at radius 1 is 1.50 bits per heavy atom. The van der Waals surface area contributed by atoms with Gasteiger partial charge in [-0.05, 0) is 23.4 Å². The quantitative estimate of drug-likeness (QED) is 0.500. The van der Waals surface area contributed by atoms with Crippen LogP contribution in [0.2, 0.25) is 0 Å². The van der Waals surface area contributed by atoms with Crippen LogP contribution >= 0.6 is 11.3 Å². The predicted molar refractivity (Wildman–Crippen MR) is 39.7 cm³/mol. The number of thiophene rings is 1. The molecule has 0 aliphatic carbocycles. The van der Waals surface area contributed by atoms with Crippen LogP contribution < -0.4 is 17.7 Å². The van der Waals surface area contributed by atoms with Gasteiger partial charge >= 0.3 is 0 Å². The summed E-state index contributed by atoms with van der Waals surface area (Å²) in [6.07, 6.45) is 1.23. The molecule has 1 aliphatic rings. The third-order valence-corrected chi connectivity index (χ3v) is 2.70. The maximum atomic E-state index is 3.33. The van der Waals surface area contributed by atoms with Crippen molar-refractivity contribution in [2.45, 2.75) is 13.0 Å². The molecule has 1 N–H and O–H groups in total. The molecule has 10 heavy (non-hydrogen) atoms. The van der Waals surface area contributed by atoms with E-state index in [1.807, 2.05) is 11.3 Å². The molecule has 0 fully saturated rings. The average molecular weight is 175 g/mol. The number of fused-ring (bicyclic) bond motifs is 1. The van der Waals surface area contributed by atoms with Gasteiger partial charge in [-0.3, -0.25) is 0 Å². The van der Waals surface area contributed by atoms with E-state index in [4.69, 9.17) is 0 Å². The van der Waals surface area contributed by atoms with Crippen molar-refractivity contribution in [1.82, 2.24) is 5.32 Å². The van der Waals surface area contributed by atoms with Crippen LogP contribution in [0.15, 0.2) is 11.4 Å². The molecule has 2 heterocycles. The van der Waals surface area contributed by atoms with Crippen LogP contribution in [0.5, 0.6) is 0 Å². The number of nitrogens with one attached hydrogen (secondary N) is 1. The molecule has 0 unspecified atom stereocenters. The molecule has 3 heteroatoms. The molecule has 0 saturated carbocycles. The maximum absolute atomic E-state index is 3.33. The monoisotopic (exact) mass is 174 g/mol. The van der Waals surface area contributed by atoms with Crippen molar-refractivity contribution < 1.29 is 12.4 Å². The molecule has 2 rings (SSSR count). The molecule has 56 valence electrons. The van der Waals surface area contributed by atoms with Crippen molar-refractivity contribution in [2.75, 3.05) is 6.54 Å². The summed E-state index contributed by atoms with van der Waals surface area (Å²) in [6.45, 7) is 2.24. The standard InChI is InChI=1S/C7H9NS.ClH/c1-3-8-5-6-2-4-9-7(1)6;/h2,4,8H,1,3,5H2;1H/p-1. The van der Waals surface area contributed by atoms with Gasteiger partial charge in [0.05, 0.1) is 0 Å². The number of halogens is 1. The molecular weight excluding hydrogens is 166 g/mol.